The van der Waals surface area contributed by atoms with E-state index in [1.807, 2.05) is 63.4 Å². The molecule has 130 valence electrons. The molecule has 3 atom stereocenters. The zero-order valence-electron chi connectivity index (χ0n) is 14.0. The Hall–Kier alpha value is -1.96. The number of hydrogen-bond acceptors (Lipinski definition) is 3. The molecule has 25 heavy (non-hydrogen) atoms. The lowest BCUT2D eigenvalue weighted by atomic mass is 10.1. The quantitative estimate of drug-likeness (QED) is 0.686. The van der Waals surface area contributed by atoms with Crippen LogP contribution in [-0.2, 0) is 0 Å². The second-order valence-corrected chi connectivity index (χ2v) is 7.49. The van der Waals surface area contributed by atoms with E-state index in [1.54, 1.807) is 12.1 Å². The topological polar surface area (TPSA) is 39.1 Å². The van der Waals surface area contributed by atoms with Gasteiger partial charge in [-0.25, -0.2) is 4.68 Å². The van der Waals surface area contributed by atoms with Crippen molar-refractivity contribution in [1.82, 2.24) is 9.78 Å². The van der Waals surface area contributed by atoms with Gasteiger partial charge in [0.2, 0.25) is 0 Å². The second-order valence-electron chi connectivity index (χ2n) is 5.79. The summed E-state index contributed by atoms with van der Waals surface area (Å²) in [6.45, 7) is 1.35. The van der Waals surface area contributed by atoms with Crippen molar-refractivity contribution in [3.63, 3.8) is 0 Å². The van der Waals surface area contributed by atoms with Gasteiger partial charge in [0.25, 0.3) is 5.60 Å². The Morgan fingerprint density at radius 1 is 1.16 bits per heavy atom. The lowest BCUT2D eigenvalue weighted by Gasteiger charge is -2.17. The number of hydrogen-bond donors (Lipinski definition) is 1. The summed E-state index contributed by atoms with van der Waals surface area (Å²) in [7, 11) is 6.54. The predicted octanol–water partition coefficient (Wildman–Crippen LogP) is 3.98. The third-order valence-corrected chi connectivity index (χ3v) is 4.00. The van der Waals surface area contributed by atoms with Gasteiger partial charge < -0.3 is 10.1 Å². The molecule has 0 fully saturated rings. The van der Waals surface area contributed by atoms with Crippen LogP contribution in [0.4, 0.5) is 10.2 Å². The first-order valence-corrected chi connectivity index (χ1v) is 8.92. The van der Waals surface area contributed by atoms with E-state index >= 15 is 0 Å². The van der Waals surface area contributed by atoms with Gasteiger partial charge in [-0.2, -0.15) is 4.39 Å². The Kier molecular flexibility index (Phi) is 5.08. The lowest BCUT2D eigenvalue weighted by Crippen LogP contribution is -2.16. The zero-order valence-corrected chi connectivity index (χ0v) is 16.3. The summed E-state index contributed by atoms with van der Waals surface area (Å²) in [5.74, 6) is 1.20. The number of benzene rings is 2. The summed E-state index contributed by atoms with van der Waals surface area (Å²) in [4.78, 5) is 0. The first-order valence-electron chi connectivity index (χ1n) is 7.77. The number of anilines is 1. The van der Waals surface area contributed by atoms with E-state index in [9.17, 15) is 4.39 Å². The molecule has 3 aromatic rings. The van der Waals surface area contributed by atoms with Crippen LogP contribution in [0.15, 0.2) is 54.6 Å². The minimum atomic E-state index is -1.82. The molecular weight excluding hydrogens is 355 g/mol. The molecule has 0 aliphatic carbocycles. The number of alkyl halides is 1. The standard InChI is InChI=1S/C18H20FN3OP2/c1-18(19,25)23-14-7-3-5-12(9-14)16-11-17(20-2)21-22(16)13-6-4-8-15(24)10-13/h3-11H,24-25H2,1-2H3,(H,20,21). The SMILES string of the molecule is CNc1cc(-c2cccc(OC(C)(F)P)c2)n(-c2cccc(P)c2)n1. The first-order chi connectivity index (χ1) is 11.9. The molecule has 1 aromatic heterocycles. The molecule has 0 bridgehead atoms. The minimum absolute atomic E-state index is 0.455. The summed E-state index contributed by atoms with van der Waals surface area (Å²) in [6.07, 6.45) is 0. The van der Waals surface area contributed by atoms with Crippen molar-refractivity contribution in [3.8, 4) is 22.7 Å². The largest absolute Gasteiger partial charge is 0.455 e. The van der Waals surface area contributed by atoms with Gasteiger partial charge in [0, 0.05) is 25.6 Å². The van der Waals surface area contributed by atoms with Crippen molar-refractivity contribution >= 4 is 29.6 Å². The van der Waals surface area contributed by atoms with E-state index in [0.29, 0.717) is 5.75 Å². The maximum atomic E-state index is 13.8. The van der Waals surface area contributed by atoms with Crippen LogP contribution in [0, 0.1) is 0 Å². The molecule has 7 heteroatoms. The molecule has 0 saturated heterocycles. The Balaban J connectivity index is 2.08. The van der Waals surface area contributed by atoms with Gasteiger partial charge in [-0.05, 0) is 29.6 Å². The van der Waals surface area contributed by atoms with Crippen molar-refractivity contribution in [2.45, 2.75) is 12.5 Å². The number of rotatable bonds is 5. The fourth-order valence-corrected chi connectivity index (χ4v) is 2.93. The summed E-state index contributed by atoms with van der Waals surface area (Å²) in [5, 5.41) is 8.73. The molecule has 0 aliphatic heterocycles. The predicted molar refractivity (Wildman–Crippen MR) is 108 cm³/mol. The molecule has 0 radical (unpaired) electrons. The van der Waals surface area contributed by atoms with Gasteiger partial charge in [0.1, 0.15) is 11.6 Å². The molecule has 3 unspecified atom stereocenters. The normalized spacial score (nSPS) is 13.3. The Morgan fingerprint density at radius 3 is 2.60 bits per heavy atom. The molecule has 0 spiro atoms. The number of nitrogens with one attached hydrogen (secondary N) is 1. The molecule has 3 rings (SSSR count). The van der Waals surface area contributed by atoms with Crippen molar-refractivity contribution in [1.29, 1.82) is 0 Å². The van der Waals surface area contributed by atoms with Crippen molar-refractivity contribution < 1.29 is 9.13 Å². The van der Waals surface area contributed by atoms with E-state index in [1.165, 1.54) is 6.92 Å². The lowest BCUT2D eigenvalue weighted by molar-refractivity contribution is 0.0473. The van der Waals surface area contributed by atoms with Crippen LogP contribution < -0.4 is 15.4 Å². The molecule has 1 heterocycles. The highest BCUT2D eigenvalue weighted by Gasteiger charge is 2.18. The average Bonchev–Trinajstić information content (AvgIpc) is 2.98. The van der Waals surface area contributed by atoms with Crippen molar-refractivity contribution in [2.24, 2.45) is 0 Å². The van der Waals surface area contributed by atoms with Crippen LogP contribution >= 0.6 is 18.5 Å². The second kappa shape index (κ2) is 7.11. The van der Waals surface area contributed by atoms with Crippen molar-refractivity contribution in [2.75, 3.05) is 12.4 Å². The molecule has 4 nitrogen and oxygen atoms in total. The van der Waals surface area contributed by atoms with Gasteiger partial charge in [0.05, 0.1) is 11.4 Å². The van der Waals surface area contributed by atoms with Crippen LogP contribution in [0.2, 0.25) is 0 Å². The third-order valence-electron chi connectivity index (χ3n) is 3.53. The molecule has 2 aromatic carbocycles. The molecule has 0 amide bonds. The highest BCUT2D eigenvalue weighted by molar-refractivity contribution is 7.27. The summed E-state index contributed by atoms with van der Waals surface area (Å²) in [5.41, 5.74) is 0.893. The maximum absolute atomic E-state index is 13.8. The Bertz CT molecular complexity index is 890. The van der Waals surface area contributed by atoms with Crippen molar-refractivity contribution in [3.05, 3.63) is 54.6 Å². The molecule has 0 aliphatic rings. The zero-order chi connectivity index (χ0) is 18.0. The van der Waals surface area contributed by atoms with Gasteiger partial charge in [-0.1, -0.05) is 33.5 Å². The van der Waals surface area contributed by atoms with Gasteiger partial charge in [-0.3, -0.25) is 0 Å². The number of nitrogens with zero attached hydrogens (tertiary/aromatic N) is 2. The van der Waals surface area contributed by atoms with E-state index in [-0.39, 0.29) is 0 Å². The smallest absolute Gasteiger partial charge is 0.256 e. The highest BCUT2D eigenvalue weighted by atomic mass is 31.0. The Labute approximate surface area is 151 Å². The fourth-order valence-electron chi connectivity index (χ4n) is 2.51. The third kappa shape index (κ3) is 4.36. The van der Waals surface area contributed by atoms with Crippen LogP contribution in [0.5, 0.6) is 5.75 Å². The van der Waals surface area contributed by atoms with E-state index in [4.69, 9.17) is 4.74 Å². The van der Waals surface area contributed by atoms with Crippen LogP contribution in [0.3, 0.4) is 0 Å². The van der Waals surface area contributed by atoms with Crippen LogP contribution in [-0.4, -0.2) is 22.4 Å². The van der Waals surface area contributed by atoms with Gasteiger partial charge in [-0.15, -0.1) is 14.3 Å². The van der Waals surface area contributed by atoms with E-state index < -0.39 is 5.60 Å². The summed E-state index contributed by atoms with van der Waals surface area (Å²) < 4.78 is 20.9. The summed E-state index contributed by atoms with van der Waals surface area (Å²) >= 11 is 0. The maximum Gasteiger partial charge on any atom is 0.256 e. The summed E-state index contributed by atoms with van der Waals surface area (Å²) in [6, 6.07) is 17.3. The van der Waals surface area contributed by atoms with Gasteiger partial charge in [0.15, 0.2) is 0 Å². The number of halogens is 1. The van der Waals surface area contributed by atoms with E-state index in [0.717, 1.165) is 28.1 Å². The highest BCUT2D eigenvalue weighted by Crippen LogP contribution is 2.31. The Morgan fingerprint density at radius 2 is 1.92 bits per heavy atom. The van der Waals surface area contributed by atoms with E-state index in [2.05, 4.69) is 19.7 Å². The minimum Gasteiger partial charge on any atom is -0.455 e. The molecule has 0 saturated carbocycles. The van der Waals surface area contributed by atoms with Crippen LogP contribution in [0.25, 0.3) is 16.9 Å². The fraction of sp³-hybridized carbons (Fsp3) is 0.167. The monoisotopic (exact) mass is 375 g/mol. The molecule has 1 N–H and O–H groups in total. The molecular formula is C18H20FN3OP2. The first kappa shape index (κ1) is 17.8. The average molecular weight is 375 g/mol. The van der Waals surface area contributed by atoms with Gasteiger partial charge >= 0.3 is 0 Å². The number of ether oxygens (including phenoxy) is 1. The van der Waals surface area contributed by atoms with Crippen LogP contribution in [0.1, 0.15) is 6.92 Å². The number of aromatic nitrogens is 2.